The molecule has 0 spiro atoms. The number of aryl methyl sites for hydroxylation is 3. The Kier molecular flexibility index (Phi) is 8.08. The van der Waals surface area contributed by atoms with Crippen LogP contribution in [0.5, 0.6) is 0 Å². The minimum atomic E-state index is -0.125. The molecule has 2 aliphatic rings. The van der Waals surface area contributed by atoms with Gasteiger partial charge in [0.1, 0.15) is 0 Å². The van der Waals surface area contributed by atoms with Crippen molar-refractivity contribution in [2.45, 2.75) is 33.2 Å². The van der Waals surface area contributed by atoms with Crippen LogP contribution in [0.4, 0.5) is 11.6 Å². The zero-order chi connectivity index (χ0) is 26.5. The van der Waals surface area contributed by atoms with Gasteiger partial charge >= 0.3 is 0 Å². The molecule has 1 aromatic heterocycles. The summed E-state index contributed by atoms with van der Waals surface area (Å²) in [7, 11) is 0. The number of benzene rings is 2. The molecular formula is C30H38N6O2. The van der Waals surface area contributed by atoms with Gasteiger partial charge in [0.05, 0.1) is 5.69 Å². The highest BCUT2D eigenvalue weighted by atomic mass is 16.2. The van der Waals surface area contributed by atoms with Crippen LogP contribution in [0.25, 0.3) is 0 Å². The Morgan fingerprint density at radius 2 is 1.58 bits per heavy atom. The summed E-state index contributed by atoms with van der Waals surface area (Å²) in [6.07, 6.45) is 1.28. The van der Waals surface area contributed by atoms with Gasteiger partial charge in [0.15, 0.2) is 0 Å². The van der Waals surface area contributed by atoms with Gasteiger partial charge in [-0.2, -0.15) is 0 Å². The summed E-state index contributed by atoms with van der Waals surface area (Å²) in [6, 6.07) is 18.4. The molecule has 0 bridgehead atoms. The Labute approximate surface area is 224 Å². The quantitative estimate of drug-likeness (QED) is 0.523. The Morgan fingerprint density at radius 3 is 2.32 bits per heavy atom. The van der Waals surface area contributed by atoms with Gasteiger partial charge in [-0.25, -0.2) is 4.98 Å². The van der Waals surface area contributed by atoms with E-state index in [-0.39, 0.29) is 11.5 Å². The third kappa shape index (κ3) is 6.42. The van der Waals surface area contributed by atoms with Crippen LogP contribution in [0, 0.1) is 13.8 Å². The van der Waals surface area contributed by atoms with Crippen molar-refractivity contribution in [2.24, 2.45) is 0 Å². The van der Waals surface area contributed by atoms with Gasteiger partial charge in [-0.1, -0.05) is 42.5 Å². The van der Waals surface area contributed by atoms with E-state index in [9.17, 15) is 9.59 Å². The summed E-state index contributed by atoms with van der Waals surface area (Å²) < 4.78 is 0. The molecule has 5 rings (SSSR count). The third-order valence-electron chi connectivity index (χ3n) is 7.65. The summed E-state index contributed by atoms with van der Waals surface area (Å²) in [4.78, 5) is 41.8. The lowest BCUT2D eigenvalue weighted by atomic mass is 10.1. The van der Waals surface area contributed by atoms with Gasteiger partial charge in [-0.05, 0) is 43.0 Å². The second-order valence-electron chi connectivity index (χ2n) is 10.5. The van der Waals surface area contributed by atoms with Crippen LogP contribution in [-0.4, -0.2) is 78.0 Å². The van der Waals surface area contributed by atoms with Gasteiger partial charge in [-0.15, -0.1) is 0 Å². The Morgan fingerprint density at radius 1 is 0.868 bits per heavy atom. The first kappa shape index (κ1) is 26.0. The highest BCUT2D eigenvalue weighted by molar-refractivity contribution is 5.76. The molecule has 8 heteroatoms. The molecule has 0 atom stereocenters. The maximum Gasteiger partial charge on any atom is 0.252 e. The van der Waals surface area contributed by atoms with Crippen LogP contribution in [0.2, 0.25) is 0 Å². The molecule has 0 aliphatic carbocycles. The number of rotatable bonds is 7. The minimum Gasteiger partial charge on any atom is -0.369 e. The van der Waals surface area contributed by atoms with Crippen molar-refractivity contribution in [2.75, 3.05) is 62.2 Å². The van der Waals surface area contributed by atoms with Gasteiger partial charge in [0.2, 0.25) is 11.9 Å². The van der Waals surface area contributed by atoms with Crippen LogP contribution in [0.15, 0.2) is 59.4 Å². The molecule has 200 valence electrons. The number of hydrogen-bond acceptors (Lipinski definition) is 6. The lowest BCUT2D eigenvalue weighted by Crippen LogP contribution is -2.49. The molecule has 1 amide bonds. The summed E-state index contributed by atoms with van der Waals surface area (Å²) in [5, 5.41) is 0. The summed E-state index contributed by atoms with van der Waals surface area (Å²) in [5.41, 5.74) is 5.77. The van der Waals surface area contributed by atoms with Crippen molar-refractivity contribution in [3.05, 3.63) is 87.3 Å². The average molecular weight is 515 g/mol. The molecule has 0 radical (unpaired) electrons. The highest BCUT2D eigenvalue weighted by Crippen LogP contribution is 2.23. The normalized spacial score (nSPS) is 16.6. The SMILES string of the molecule is Cc1ccc(C)c(N2CCN(Cc3cc(=O)[nH]c(N4CCN(C(=O)CCc5ccccc5)CC4)n3)CC2)c1. The van der Waals surface area contributed by atoms with E-state index in [1.54, 1.807) is 6.07 Å². The number of H-pyrrole nitrogens is 1. The molecule has 1 N–H and O–H groups in total. The number of nitrogens with one attached hydrogen (secondary N) is 1. The fourth-order valence-corrected chi connectivity index (χ4v) is 5.38. The van der Waals surface area contributed by atoms with Crippen LogP contribution in [-0.2, 0) is 17.8 Å². The number of hydrogen-bond donors (Lipinski definition) is 1. The smallest absolute Gasteiger partial charge is 0.252 e. The van der Waals surface area contributed by atoms with E-state index in [0.717, 1.165) is 38.3 Å². The zero-order valence-electron chi connectivity index (χ0n) is 22.5. The zero-order valence-corrected chi connectivity index (χ0v) is 22.5. The molecule has 2 fully saturated rings. The Bertz CT molecular complexity index is 1290. The van der Waals surface area contributed by atoms with Crippen LogP contribution in [0.3, 0.4) is 0 Å². The maximum absolute atomic E-state index is 12.7. The molecule has 3 aromatic rings. The predicted molar refractivity (Wildman–Crippen MR) is 152 cm³/mol. The number of carbonyl (C=O) groups is 1. The number of nitrogens with zero attached hydrogens (tertiary/aromatic N) is 5. The maximum atomic E-state index is 12.7. The second-order valence-corrected chi connectivity index (χ2v) is 10.5. The van der Waals surface area contributed by atoms with Gasteiger partial charge in [0.25, 0.3) is 5.56 Å². The van der Waals surface area contributed by atoms with E-state index in [1.165, 1.54) is 22.4 Å². The van der Waals surface area contributed by atoms with E-state index in [2.05, 4.69) is 63.9 Å². The number of piperazine rings is 2. The number of aromatic amines is 1. The first-order chi connectivity index (χ1) is 18.4. The fraction of sp³-hybridized carbons (Fsp3) is 0.433. The highest BCUT2D eigenvalue weighted by Gasteiger charge is 2.24. The molecule has 2 saturated heterocycles. The summed E-state index contributed by atoms with van der Waals surface area (Å²) >= 11 is 0. The van der Waals surface area contributed by atoms with Crippen molar-refractivity contribution in [3.8, 4) is 0 Å². The number of carbonyl (C=O) groups excluding carboxylic acids is 1. The molecule has 2 aromatic carbocycles. The van der Waals surface area contributed by atoms with E-state index in [4.69, 9.17) is 4.98 Å². The first-order valence-corrected chi connectivity index (χ1v) is 13.7. The molecule has 2 aliphatic heterocycles. The lowest BCUT2D eigenvalue weighted by molar-refractivity contribution is -0.131. The Balaban J connectivity index is 1.13. The van der Waals surface area contributed by atoms with E-state index in [1.807, 2.05) is 23.1 Å². The minimum absolute atomic E-state index is 0.125. The number of aromatic nitrogens is 2. The van der Waals surface area contributed by atoms with Gasteiger partial charge in [-0.3, -0.25) is 19.5 Å². The second kappa shape index (κ2) is 11.8. The standard InChI is InChI=1S/C30H38N6O2/c1-23-8-9-24(2)27(20-23)34-14-12-33(13-15-34)22-26-21-28(37)32-30(31-26)36-18-16-35(17-19-36)29(38)11-10-25-6-4-3-5-7-25/h3-9,20-21H,10-19,22H2,1-2H3,(H,31,32,37). The number of amides is 1. The largest absolute Gasteiger partial charge is 0.369 e. The van der Waals surface area contributed by atoms with Crippen LogP contribution >= 0.6 is 0 Å². The van der Waals surface area contributed by atoms with E-state index >= 15 is 0 Å². The van der Waals surface area contributed by atoms with Crippen LogP contribution in [0.1, 0.15) is 28.8 Å². The Hall–Kier alpha value is -3.65. The van der Waals surface area contributed by atoms with Gasteiger partial charge < -0.3 is 14.7 Å². The predicted octanol–water partition coefficient (Wildman–Crippen LogP) is 2.99. The van der Waals surface area contributed by atoms with Crippen molar-refractivity contribution in [1.29, 1.82) is 0 Å². The summed E-state index contributed by atoms with van der Waals surface area (Å²) in [6.45, 7) is 11.4. The molecule has 3 heterocycles. The van der Waals surface area contributed by atoms with Crippen molar-refractivity contribution < 1.29 is 4.79 Å². The topological polar surface area (TPSA) is 75.8 Å². The van der Waals surface area contributed by atoms with E-state index in [0.29, 0.717) is 45.1 Å². The van der Waals surface area contributed by atoms with Crippen molar-refractivity contribution in [3.63, 3.8) is 0 Å². The van der Waals surface area contributed by atoms with Gasteiger partial charge in [0, 0.05) is 77.1 Å². The molecule has 8 nitrogen and oxygen atoms in total. The van der Waals surface area contributed by atoms with Crippen molar-refractivity contribution >= 4 is 17.5 Å². The first-order valence-electron chi connectivity index (χ1n) is 13.7. The fourth-order valence-electron chi connectivity index (χ4n) is 5.38. The molecule has 0 unspecified atom stereocenters. The summed E-state index contributed by atoms with van der Waals surface area (Å²) in [5.74, 6) is 0.793. The molecular weight excluding hydrogens is 476 g/mol. The number of anilines is 2. The monoisotopic (exact) mass is 514 g/mol. The van der Waals surface area contributed by atoms with Crippen molar-refractivity contribution in [1.82, 2.24) is 19.8 Å². The molecule has 0 saturated carbocycles. The van der Waals surface area contributed by atoms with E-state index < -0.39 is 0 Å². The van der Waals surface area contributed by atoms with Crippen LogP contribution < -0.4 is 15.4 Å². The molecule has 38 heavy (non-hydrogen) atoms. The third-order valence-corrected chi connectivity index (χ3v) is 7.65. The lowest BCUT2D eigenvalue weighted by Gasteiger charge is -2.37. The average Bonchev–Trinajstić information content (AvgIpc) is 2.94.